The maximum absolute atomic E-state index is 10.6. The van der Waals surface area contributed by atoms with Crippen LogP contribution in [0.15, 0.2) is 30.9 Å². The second kappa shape index (κ2) is 17.9. The molecule has 3 saturated heterocycles. The molecule has 11 N–H and O–H groups in total. The molecule has 274 valence electrons. The molecule has 3 heterocycles. The zero-order chi connectivity index (χ0) is 35.1. The van der Waals surface area contributed by atoms with E-state index in [1.165, 1.54) is 0 Å². The first kappa shape index (κ1) is 39.0. The minimum Gasteiger partial charge on any atom is -0.394 e. The van der Waals surface area contributed by atoms with Crippen molar-refractivity contribution in [1.82, 2.24) is 0 Å². The molecular formula is C30H46O18. The molecule has 1 aromatic rings. The number of rotatable bonds is 15. The van der Waals surface area contributed by atoms with Gasteiger partial charge in [0.05, 0.1) is 46.2 Å². The summed E-state index contributed by atoms with van der Waals surface area (Å²) < 4.78 is 38.8. The number of ether oxygens (including phenoxy) is 7. The number of hydrogen-bond donors (Lipinski definition) is 11. The molecule has 18 nitrogen and oxygen atoms in total. The third kappa shape index (κ3) is 9.31. The third-order valence-electron chi connectivity index (χ3n) is 8.24. The van der Waals surface area contributed by atoms with E-state index in [4.69, 9.17) is 33.2 Å². The fourth-order valence-electron chi connectivity index (χ4n) is 5.50. The van der Waals surface area contributed by atoms with Crippen LogP contribution in [0.1, 0.15) is 16.7 Å². The van der Waals surface area contributed by atoms with E-state index in [9.17, 15) is 56.2 Å². The van der Waals surface area contributed by atoms with E-state index in [0.29, 0.717) is 16.7 Å². The van der Waals surface area contributed by atoms with E-state index in [0.717, 1.165) is 0 Å². The first-order chi connectivity index (χ1) is 22.9. The summed E-state index contributed by atoms with van der Waals surface area (Å²) in [6, 6.07) is 5.11. The van der Waals surface area contributed by atoms with Crippen molar-refractivity contribution in [3.63, 3.8) is 0 Å². The lowest BCUT2D eigenvalue weighted by molar-refractivity contribution is -0.332. The van der Waals surface area contributed by atoms with Gasteiger partial charge in [-0.25, -0.2) is 0 Å². The Morgan fingerprint density at radius 1 is 0.521 bits per heavy atom. The molecule has 48 heavy (non-hydrogen) atoms. The summed E-state index contributed by atoms with van der Waals surface area (Å²) in [5.74, 6) is 0. The van der Waals surface area contributed by atoms with E-state index in [1.54, 1.807) is 24.3 Å². The summed E-state index contributed by atoms with van der Waals surface area (Å²) in [6.45, 7) is 1.83. The highest BCUT2D eigenvalue weighted by Gasteiger charge is 2.48. The van der Waals surface area contributed by atoms with Gasteiger partial charge in [-0.15, -0.1) is 6.58 Å². The summed E-state index contributed by atoms with van der Waals surface area (Å²) >= 11 is 0. The van der Waals surface area contributed by atoms with Gasteiger partial charge in [0.2, 0.25) is 0 Å². The van der Waals surface area contributed by atoms with Crippen LogP contribution in [0.5, 0.6) is 0 Å². The van der Waals surface area contributed by atoms with Gasteiger partial charge in [-0.1, -0.05) is 24.3 Å². The second-order valence-electron chi connectivity index (χ2n) is 11.8. The SMILES string of the molecule is C=CCOCc1cc(CO[C@@H]2O[C@H](CO)[C@@H](O)[C@H](O)[C@H]2O)cc(CO[C@@H]2O[C@H](CO[C@@H]3O[C@H](CO)[C@H](O)[C@H](O)[C@H]3O)[C@H](O)[C@H](O)[C@H]2O)c1. The van der Waals surface area contributed by atoms with Gasteiger partial charge in [-0.05, 0) is 16.7 Å². The molecule has 18 heteroatoms. The summed E-state index contributed by atoms with van der Waals surface area (Å²) in [5.41, 5.74) is 1.72. The molecule has 0 aliphatic carbocycles. The van der Waals surface area contributed by atoms with Crippen molar-refractivity contribution in [3.05, 3.63) is 47.5 Å². The molecule has 4 rings (SSSR count). The smallest absolute Gasteiger partial charge is 0.187 e. The Morgan fingerprint density at radius 2 is 0.896 bits per heavy atom. The fourth-order valence-corrected chi connectivity index (χ4v) is 5.50. The van der Waals surface area contributed by atoms with Crippen LogP contribution in [-0.2, 0) is 53.0 Å². The number of aliphatic hydroxyl groups excluding tert-OH is 11. The average Bonchev–Trinajstić information content (AvgIpc) is 3.08. The largest absolute Gasteiger partial charge is 0.394 e. The molecule has 0 bridgehead atoms. The van der Waals surface area contributed by atoms with Crippen LogP contribution < -0.4 is 0 Å². The van der Waals surface area contributed by atoms with Crippen molar-refractivity contribution in [3.8, 4) is 0 Å². The minimum atomic E-state index is -1.74. The normalized spacial score (nSPS) is 40.5. The predicted molar refractivity (Wildman–Crippen MR) is 156 cm³/mol. The van der Waals surface area contributed by atoms with Gasteiger partial charge in [0, 0.05) is 0 Å². The Bertz CT molecular complexity index is 1140. The maximum Gasteiger partial charge on any atom is 0.187 e. The molecule has 0 saturated carbocycles. The molecule has 15 atom stereocenters. The van der Waals surface area contributed by atoms with Crippen LogP contribution in [-0.4, -0.2) is 175 Å². The van der Waals surface area contributed by atoms with E-state index < -0.39 is 112 Å². The molecule has 0 spiro atoms. The van der Waals surface area contributed by atoms with E-state index in [-0.39, 0.29) is 26.4 Å². The summed E-state index contributed by atoms with van der Waals surface area (Å²) in [7, 11) is 0. The molecule has 3 aliphatic rings. The van der Waals surface area contributed by atoms with E-state index in [1.807, 2.05) is 0 Å². The van der Waals surface area contributed by atoms with Crippen LogP contribution in [0.25, 0.3) is 0 Å². The highest BCUT2D eigenvalue weighted by atomic mass is 16.7. The van der Waals surface area contributed by atoms with Crippen molar-refractivity contribution in [1.29, 1.82) is 0 Å². The van der Waals surface area contributed by atoms with E-state index >= 15 is 0 Å². The first-order valence-electron chi connectivity index (χ1n) is 15.4. The highest BCUT2D eigenvalue weighted by Crippen LogP contribution is 2.28. The highest BCUT2D eigenvalue weighted by molar-refractivity contribution is 5.29. The van der Waals surface area contributed by atoms with E-state index in [2.05, 4.69) is 6.58 Å². The zero-order valence-electron chi connectivity index (χ0n) is 25.9. The molecule has 0 unspecified atom stereocenters. The van der Waals surface area contributed by atoms with Crippen LogP contribution in [0, 0.1) is 0 Å². The van der Waals surface area contributed by atoms with Gasteiger partial charge in [-0.3, -0.25) is 0 Å². The molecule has 0 radical (unpaired) electrons. The van der Waals surface area contributed by atoms with Crippen LogP contribution in [0.2, 0.25) is 0 Å². The summed E-state index contributed by atoms with van der Waals surface area (Å²) in [4.78, 5) is 0. The lowest BCUT2D eigenvalue weighted by atomic mass is 9.98. The molecule has 0 amide bonds. The first-order valence-corrected chi connectivity index (χ1v) is 15.4. The second-order valence-corrected chi connectivity index (χ2v) is 11.8. The number of hydrogen-bond acceptors (Lipinski definition) is 18. The topological polar surface area (TPSA) is 287 Å². The Balaban J connectivity index is 1.41. The summed E-state index contributed by atoms with van der Waals surface area (Å²) in [5, 5.41) is 111. The lowest BCUT2D eigenvalue weighted by Gasteiger charge is -2.42. The van der Waals surface area contributed by atoms with Gasteiger partial charge in [-0.2, -0.15) is 0 Å². The van der Waals surface area contributed by atoms with Crippen molar-refractivity contribution >= 4 is 0 Å². The van der Waals surface area contributed by atoms with Gasteiger partial charge in [0.25, 0.3) is 0 Å². The van der Waals surface area contributed by atoms with Crippen LogP contribution in [0.4, 0.5) is 0 Å². The van der Waals surface area contributed by atoms with Gasteiger partial charge < -0.3 is 89.3 Å². The van der Waals surface area contributed by atoms with Crippen molar-refractivity contribution in [2.75, 3.05) is 26.4 Å². The average molecular weight is 695 g/mol. The Kier molecular flexibility index (Phi) is 14.6. The molecular weight excluding hydrogens is 648 g/mol. The number of aliphatic hydroxyl groups is 11. The Hall–Kier alpha value is -1.76. The standard InChI is InChI=1S/C30H46O18/c1-2-3-42-9-13-4-14(10-43-28-25(39)22(36)19(33)16(7-31)46-28)6-15(5-13)11-44-29-27(41)24(38)21(35)18(48-29)12-45-30-26(40)23(37)20(34)17(8-32)47-30/h2,4-6,16-41H,1,3,7-12H2/t16-,17-,18-,19-,20+,21+,22+,23+,24+,25-,26-,27-,28-,29-,30-/m1/s1. The number of benzene rings is 1. The fraction of sp³-hybridized carbons (Fsp3) is 0.733. The Morgan fingerprint density at radius 3 is 1.31 bits per heavy atom. The zero-order valence-corrected chi connectivity index (χ0v) is 25.9. The van der Waals surface area contributed by atoms with Crippen molar-refractivity contribution < 1.29 is 89.3 Å². The van der Waals surface area contributed by atoms with Crippen LogP contribution >= 0.6 is 0 Å². The lowest BCUT2D eigenvalue weighted by Crippen LogP contribution is -2.61. The molecule has 0 aromatic heterocycles. The van der Waals surface area contributed by atoms with Crippen molar-refractivity contribution in [2.45, 2.75) is 112 Å². The van der Waals surface area contributed by atoms with Gasteiger partial charge >= 0.3 is 0 Å². The molecule has 3 aliphatic heterocycles. The maximum atomic E-state index is 10.6. The molecule has 1 aromatic carbocycles. The predicted octanol–water partition coefficient (Wildman–Crippen LogP) is -5.15. The van der Waals surface area contributed by atoms with Crippen molar-refractivity contribution in [2.24, 2.45) is 0 Å². The quantitative estimate of drug-likeness (QED) is 0.0604. The molecule has 3 fully saturated rings. The monoisotopic (exact) mass is 694 g/mol. The van der Waals surface area contributed by atoms with Gasteiger partial charge in [0.1, 0.15) is 73.2 Å². The Labute approximate surface area is 275 Å². The van der Waals surface area contributed by atoms with Gasteiger partial charge in [0.15, 0.2) is 18.9 Å². The minimum absolute atomic E-state index is 0.151. The summed E-state index contributed by atoms with van der Waals surface area (Å²) in [6.07, 6.45) is -21.4. The van der Waals surface area contributed by atoms with Crippen LogP contribution in [0.3, 0.4) is 0 Å². The third-order valence-corrected chi connectivity index (χ3v) is 8.24.